The van der Waals surface area contributed by atoms with Crippen LogP contribution in [-0.4, -0.2) is 22.4 Å². The number of rotatable bonds is 4. The molecule has 1 fully saturated rings. The molecule has 2 N–H and O–H groups in total. The molecule has 0 aliphatic heterocycles. The van der Waals surface area contributed by atoms with Gasteiger partial charge in [0.2, 0.25) is 0 Å². The Labute approximate surface area is 106 Å². The van der Waals surface area contributed by atoms with Crippen molar-refractivity contribution in [3.05, 3.63) is 22.7 Å². The normalized spacial score (nSPS) is 18.9. The zero-order chi connectivity index (χ0) is 12.1. The molecule has 2 rings (SSSR count). The number of alkyl halides is 1. The van der Waals surface area contributed by atoms with Crippen molar-refractivity contribution in [2.45, 2.75) is 32.1 Å². The van der Waals surface area contributed by atoms with Crippen LogP contribution in [0.4, 0.5) is 5.82 Å². The quantitative estimate of drug-likeness (QED) is 0.812. The summed E-state index contributed by atoms with van der Waals surface area (Å²) in [6.07, 6.45) is 9.13. The average Bonchev–Trinajstić information content (AvgIpc) is 2.39. The molecule has 1 aromatic heterocycles. The van der Waals surface area contributed by atoms with Gasteiger partial charge in [-0.1, -0.05) is 19.3 Å². The molecule has 1 saturated carbocycles. The first-order valence-corrected chi connectivity index (χ1v) is 6.63. The highest BCUT2D eigenvalue weighted by molar-refractivity contribution is 6.18. The average molecular weight is 256 g/mol. The Morgan fingerprint density at radius 1 is 1.41 bits per heavy atom. The van der Waals surface area contributed by atoms with Crippen molar-refractivity contribution in [3.63, 3.8) is 0 Å². The summed E-state index contributed by atoms with van der Waals surface area (Å²) in [5, 5.41) is 3.14. The largest absolute Gasteiger partial charge is 0.365 e. The standard InChI is InChI=1S/C12H18ClN3O/c13-8-12(4-2-1-3-5-12)9-16-10-11(17)15-7-6-14-10/h6-7H,1-5,8-9H2,(H,14,16)(H,15,17). The number of hydrogen-bond acceptors (Lipinski definition) is 3. The minimum absolute atomic E-state index is 0.129. The molecule has 0 atom stereocenters. The van der Waals surface area contributed by atoms with E-state index in [9.17, 15) is 4.79 Å². The summed E-state index contributed by atoms with van der Waals surface area (Å²) in [5.74, 6) is 1.03. The summed E-state index contributed by atoms with van der Waals surface area (Å²) in [5.41, 5.74) is -0.0444. The van der Waals surface area contributed by atoms with E-state index in [1.807, 2.05) is 0 Å². The highest BCUT2D eigenvalue weighted by Crippen LogP contribution is 2.37. The fraction of sp³-hybridized carbons (Fsp3) is 0.667. The van der Waals surface area contributed by atoms with Gasteiger partial charge in [0.1, 0.15) is 0 Å². The lowest BCUT2D eigenvalue weighted by molar-refractivity contribution is 0.238. The molecule has 17 heavy (non-hydrogen) atoms. The third kappa shape index (κ3) is 3.00. The number of anilines is 1. The Kier molecular flexibility index (Phi) is 4.05. The predicted molar refractivity (Wildman–Crippen MR) is 69.6 cm³/mol. The zero-order valence-corrected chi connectivity index (χ0v) is 10.6. The minimum Gasteiger partial charge on any atom is -0.365 e. The van der Waals surface area contributed by atoms with E-state index in [1.165, 1.54) is 25.5 Å². The molecule has 0 amide bonds. The molecule has 94 valence electrons. The first-order chi connectivity index (χ1) is 8.26. The molecule has 5 heteroatoms. The summed E-state index contributed by atoms with van der Waals surface area (Å²) in [6, 6.07) is 0. The van der Waals surface area contributed by atoms with Gasteiger partial charge in [0.15, 0.2) is 5.82 Å². The Morgan fingerprint density at radius 2 is 2.18 bits per heavy atom. The summed E-state index contributed by atoms with van der Waals surface area (Å²) in [4.78, 5) is 18.1. The maximum Gasteiger partial charge on any atom is 0.290 e. The summed E-state index contributed by atoms with van der Waals surface area (Å²) >= 11 is 6.10. The van der Waals surface area contributed by atoms with E-state index in [0.717, 1.165) is 19.4 Å². The molecule has 1 aliphatic rings. The molecule has 1 aliphatic carbocycles. The van der Waals surface area contributed by atoms with Crippen molar-refractivity contribution in [3.8, 4) is 0 Å². The molecule has 0 radical (unpaired) electrons. The second-order valence-corrected chi connectivity index (χ2v) is 5.08. The monoisotopic (exact) mass is 255 g/mol. The maximum atomic E-state index is 11.5. The van der Waals surface area contributed by atoms with E-state index in [4.69, 9.17) is 11.6 Å². The SMILES string of the molecule is O=c1[nH]ccnc1NCC1(CCl)CCCCC1. The highest BCUT2D eigenvalue weighted by atomic mass is 35.5. The summed E-state index contributed by atoms with van der Waals surface area (Å²) in [7, 11) is 0. The Hall–Kier alpha value is -1.03. The van der Waals surface area contributed by atoms with Crippen LogP contribution >= 0.6 is 11.6 Å². The van der Waals surface area contributed by atoms with E-state index in [2.05, 4.69) is 15.3 Å². The molecular weight excluding hydrogens is 238 g/mol. The summed E-state index contributed by atoms with van der Waals surface area (Å²) < 4.78 is 0. The van der Waals surface area contributed by atoms with Crippen molar-refractivity contribution in [1.82, 2.24) is 9.97 Å². The fourth-order valence-corrected chi connectivity index (χ4v) is 2.77. The van der Waals surface area contributed by atoms with Crippen LogP contribution in [0, 0.1) is 5.41 Å². The second kappa shape index (κ2) is 5.54. The summed E-state index contributed by atoms with van der Waals surface area (Å²) in [6.45, 7) is 0.733. The van der Waals surface area contributed by atoms with Crippen LogP contribution in [0.2, 0.25) is 0 Å². The third-order valence-electron chi connectivity index (χ3n) is 3.54. The van der Waals surface area contributed by atoms with Crippen LogP contribution in [0.5, 0.6) is 0 Å². The lowest BCUT2D eigenvalue weighted by Gasteiger charge is -2.35. The number of aromatic amines is 1. The van der Waals surface area contributed by atoms with Crippen LogP contribution in [0.1, 0.15) is 32.1 Å². The molecule has 4 nitrogen and oxygen atoms in total. The van der Waals surface area contributed by atoms with Gasteiger partial charge < -0.3 is 10.3 Å². The van der Waals surface area contributed by atoms with Crippen LogP contribution in [0.25, 0.3) is 0 Å². The van der Waals surface area contributed by atoms with Gasteiger partial charge in [-0.25, -0.2) is 4.98 Å². The van der Waals surface area contributed by atoms with Crippen molar-refractivity contribution >= 4 is 17.4 Å². The number of aromatic nitrogens is 2. The number of nitrogens with one attached hydrogen (secondary N) is 2. The van der Waals surface area contributed by atoms with E-state index in [-0.39, 0.29) is 11.0 Å². The molecule has 0 unspecified atom stereocenters. The van der Waals surface area contributed by atoms with Gasteiger partial charge >= 0.3 is 0 Å². The van der Waals surface area contributed by atoms with Gasteiger partial charge in [-0.05, 0) is 12.8 Å². The van der Waals surface area contributed by atoms with E-state index < -0.39 is 0 Å². The van der Waals surface area contributed by atoms with Crippen molar-refractivity contribution in [1.29, 1.82) is 0 Å². The number of nitrogens with zero attached hydrogens (tertiary/aromatic N) is 1. The van der Waals surface area contributed by atoms with Crippen LogP contribution in [-0.2, 0) is 0 Å². The van der Waals surface area contributed by atoms with E-state index in [1.54, 1.807) is 6.20 Å². The van der Waals surface area contributed by atoms with Gasteiger partial charge in [0, 0.05) is 30.2 Å². The lowest BCUT2D eigenvalue weighted by Crippen LogP contribution is -2.35. The Morgan fingerprint density at radius 3 is 2.82 bits per heavy atom. The Balaban J connectivity index is 2.01. The molecular formula is C12H18ClN3O. The molecule has 0 aromatic carbocycles. The first-order valence-electron chi connectivity index (χ1n) is 6.09. The van der Waals surface area contributed by atoms with E-state index >= 15 is 0 Å². The third-order valence-corrected chi connectivity index (χ3v) is 4.10. The maximum absolute atomic E-state index is 11.5. The van der Waals surface area contributed by atoms with E-state index in [0.29, 0.717) is 11.7 Å². The van der Waals surface area contributed by atoms with Gasteiger partial charge in [-0.15, -0.1) is 11.6 Å². The first kappa shape index (κ1) is 12.4. The fourth-order valence-electron chi connectivity index (χ4n) is 2.41. The van der Waals surface area contributed by atoms with Crippen LogP contribution in [0.15, 0.2) is 17.2 Å². The number of H-pyrrole nitrogens is 1. The van der Waals surface area contributed by atoms with Crippen molar-refractivity contribution < 1.29 is 0 Å². The number of hydrogen-bond donors (Lipinski definition) is 2. The van der Waals surface area contributed by atoms with Crippen molar-refractivity contribution in [2.24, 2.45) is 5.41 Å². The van der Waals surface area contributed by atoms with Gasteiger partial charge in [-0.2, -0.15) is 0 Å². The van der Waals surface area contributed by atoms with Gasteiger partial charge in [0.25, 0.3) is 5.56 Å². The molecule has 0 spiro atoms. The van der Waals surface area contributed by atoms with Gasteiger partial charge in [-0.3, -0.25) is 4.79 Å². The topological polar surface area (TPSA) is 57.8 Å². The highest BCUT2D eigenvalue weighted by Gasteiger charge is 2.31. The van der Waals surface area contributed by atoms with Crippen LogP contribution < -0.4 is 10.9 Å². The second-order valence-electron chi connectivity index (χ2n) is 4.81. The molecule has 0 saturated heterocycles. The molecule has 1 heterocycles. The predicted octanol–water partition coefficient (Wildman–Crippen LogP) is 2.37. The molecule has 0 bridgehead atoms. The van der Waals surface area contributed by atoms with Gasteiger partial charge in [0.05, 0.1) is 0 Å². The number of halogens is 1. The molecule has 1 aromatic rings. The smallest absolute Gasteiger partial charge is 0.290 e. The lowest BCUT2D eigenvalue weighted by atomic mass is 9.75. The van der Waals surface area contributed by atoms with Crippen LogP contribution in [0.3, 0.4) is 0 Å². The Bertz CT molecular complexity index is 412. The van der Waals surface area contributed by atoms with Crippen molar-refractivity contribution in [2.75, 3.05) is 17.7 Å². The minimum atomic E-state index is -0.173. The zero-order valence-electron chi connectivity index (χ0n) is 9.84.